The molecule has 0 bridgehead atoms. The molecule has 3 aromatic heterocycles. The zero-order valence-corrected chi connectivity index (χ0v) is 18.7. The van der Waals surface area contributed by atoms with Gasteiger partial charge in [-0.3, -0.25) is 14.1 Å². The SMILES string of the molecule is CNC(=O)c1ccc(N2CCN(Cc3ccc4c([nH]c(=O)n5cc(C)nc45)c3F)CC2)c(F)n1. The van der Waals surface area contributed by atoms with E-state index < -0.39 is 23.4 Å². The summed E-state index contributed by atoms with van der Waals surface area (Å²) in [4.78, 5) is 38.7. The topological polar surface area (TPSA) is 98.6 Å². The number of benzene rings is 1. The summed E-state index contributed by atoms with van der Waals surface area (Å²) in [7, 11) is 1.46. The van der Waals surface area contributed by atoms with E-state index in [-0.39, 0.29) is 11.2 Å². The van der Waals surface area contributed by atoms with Gasteiger partial charge in [-0.2, -0.15) is 4.39 Å². The minimum Gasteiger partial charge on any atom is -0.365 e. The van der Waals surface area contributed by atoms with Crippen LogP contribution >= 0.6 is 0 Å². The molecule has 4 heterocycles. The van der Waals surface area contributed by atoms with E-state index in [2.05, 4.69) is 25.2 Å². The van der Waals surface area contributed by atoms with Gasteiger partial charge in [0.15, 0.2) is 11.5 Å². The minimum absolute atomic E-state index is 0.0231. The van der Waals surface area contributed by atoms with Crippen molar-refractivity contribution in [3.8, 4) is 0 Å². The van der Waals surface area contributed by atoms with E-state index in [0.29, 0.717) is 60.7 Å². The van der Waals surface area contributed by atoms with Crippen molar-refractivity contribution < 1.29 is 13.6 Å². The van der Waals surface area contributed by atoms with E-state index in [1.807, 2.05) is 4.90 Å². The molecule has 11 heteroatoms. The maximum absolute atomic E-state index is 15.3. The number of piperazine rings is 1. The standard InChI is InChI=1S/C23H23F2N7O2/c1-13-11-32-21(27-13)15-4-3-14(18(24)19(15)29-23(32)34)12-30-7-9-31(10-8-30)17-6-5-16(22(33)26-2)28-20(17)25/h3-6,11H,7-10,12H2,1-2H3,(H,26,33)(H,29,34). The van der Waals surface area contributed by atoms with Crippen LogP contribution in [0.15, 0.2) is 35.3 Å². The molecule has 2 N–H and O–H groups in total. The number of H-pyrrole nitrogens is 1. The van der Waals surface area contributed by atoms with E-state index in [1.165, 1.54) is 17.5 Å². The van der Waals surface area contributed by atoms with Crippen LogP contribution in [0.25, 0.3) is 16.6 Å². The predicted molar refractivity (Wildman–Crippen MR) is 123 cm³/mol. The number of carbonyl (C=O) groups excluding carboxylic acids is 1. The number of hydrogen-bond acceptors (Lipinski definition) is 6. The minimum atomic E-state index is -0.695. The van der Waals surface area contributed by atoms with Gasteiger partial charge < -0.3 is 15.2 Å². The van der Waals surface area contributed by atoms with Gasteiger partial charge >= 0.3 is 5.69 Å². The van der Waals surface area contributed by atoms with E-state index in [9.17, 15) is 14.0 Å². The van der Waals surface area contributed by atoms with Crippen molar-refractivity contribution in [2.45, 2.75) is 13.5 Å². The summed E-state index contributed by atoms with van der Waals surface area (Å²) in [6, 6.07) is 6.54. The quantitative estimate of drug-likeness (QED) is 0.445. The molecule has 1 fully saturated rings. The highest BCUT2D eigenvalue weighted by Gasteiger charge is 2.23. The Balaban J connectivity index is 1.32. The number of hydrogen-bond donors (Lipinski definition) is 2. The second kappa shape index (κ2) is 8.49. The van der Waals surface area contributed by atoms with Crippen LogP contribution in [0.5, 0.6) is 0 Å². The van der Waals surface area contributed by atoms with Crippen molar-refractivity contribution >= 4 is 28.1 Å². The zero-order chi connectivity index (χ0) is 24.0. The lowest BCUT2D eigenvalue weighted by molar-refractivity contribution is 0.0957. The summed E-state index contributed by atoms with van der Waals surface area (Å²) in [5, 5.41) is 2.97. The fourth-order valence-corrected chi connectivity index (χ4v) is 4.36. The Hall–Kier alpha value is -3.86. The smallest absolute Gasteiger partial charge is 0.331 e. The van der Waals surface area contributed by atoms with Crippen LogP contribution in [-0.4, -0.2) is 63.4 Å². The highest BCUT2D eigenvalue weighted by atomic mass is 19.1. The third-order valence-electron chi connectivity index (χ3n) is 6.14. The first-order valence-electron chi connectivity index (χ1n) is 10.9. The Morgan fingerprint density at radius 2 is 1.88 bits per heavy atom. The molecule has 4 aromatic rings. The monoisotopic (exact) mass is 467 g/mol. The summed E-state index contributed by atoms with van der Waals surface area (Å²) in [5.41, 5.74) is 1.63. The normalized spacial score (nSPS) is 14.8. The van der Waals surface area contributed by atoms with Crippen LogP contribution in [0.4, 0.5) is 14.5 Å². The third-order valence-corrected chi connectivity index (χ3v) is 6.14. The number of carbonyl (C=O) groups is 1. The van der Waals surface area contributed by atoms with Crippen LogP contribution in [0, 0.1) is 18.7 Å². The van der Waals surface area contributed by atoms with Gasteiger partial charge in [0.2, 0.25) is 5.95 Å². The molecule has 1 aliphatic rings. The number of aromatic nitrogens is 4. The van der Waals surface area contributed by atoms with Gasteiger partial charge in [-0.25, -0.2) is 19.2 Å². The molecule has 0 aliphatic carbocycles. The van der Waals surface area contributed by atoms with Gasteiger partial charge in [0.25, 0.3) is 5.91 Å². The Bertz CT molecular complexity index is 1470. The number of rotatable bonds is 4. The van der Waals surface area contributed by atoms with Crippen LogP contribution in [0.2, 0.25) is 0 Å². The van der Waals surface area contributed by atoms with Crippen molar-refractivity contribution in [3.63, 3.8) is 0 Å². The Labute approximate surface area is 193 Å². The summed E-state index contributed by atoms with van der Waals surface area (Å²) >= 11 is 0. The molecular formula is C23H23F2N7O2. The molecule has 0 unspecified atom stereocenters. The van der Waals surface area contributed by atoms with Crippen LogP contribution in [0.3, 0.4) is 0 Å². The first-order chi connectivity index (χ1) is 16.4. The van der Waals surface area contributed by atoms with Crippen LogP contribution < -0.4 is 15.9 Å². The fourth-order valence-electron chi connectivity index (χ4n) is 4.36. The van der Waals surface area contributed by atoms with Gasteiger partial charge in [-0.1, -0.05) is 6.07 Å². The van der Waals surface area contributed by atoms with Gasteiger partial charge in [0.05, 0.1) is 16.9 Å². The number of amides is 1. The number of fused-ring (bicyclic) bond motifs is 3. The molecular weight excluding hydrogens is 444 g/mol. The summed E-state index contributed by atoms with van der Waals surface area (Å²) in [6.45, 7) is 4.36. The number of imidazole rings is 1. The van der Waals surface area contributed by atoms with Gasteiger partial charge in [0.1, 0.15) is 5.69 Å². The van der Waals surface area contributed by atoms with Crippen molar-refractivity contribution in [2.75, 3.05) is 38.1 Å². The number of nitrogens with one attached hydrogen (secondary N) is 2. The molecule has 1 aromatic carbocycles. The molecule has 1 saturated heterocycles. The summed E-state index contributed by atoms with van der Waals surface area (Å²) in [5.74, 6) is -1.61. The number of aromatic amines is 1. The summed E-state index contributed by atoms with van der Waals surface area (Å²) < 4.78 is 31.2. The molecule has 1 aliphatic heterocycles. The number of nitrogens with zero attached hydrogens (tertiary/aromatic N) is 5. The Morgan fingerprint density at radius 1 is 1.12 bits per heavy atom. The fraction of sp³-hybridized carbons (Fsp3) is 0.304. The van der Waals surface area contributed by atoms with Crippen molar-refractivity contribution in [1.29, 1.82) is 0 Å². The maximum Gasteiger partial charge on any atom is 0.331 e. The van der Waals surface area contributed by atoms with Crippen molar-refractivity contribution in [3.05, 3.63) is 69.7 Å². The molecule has 9 nitrogen and oxygen atoms in total. The third kappa shape index (κ3) is 3.77. The lowest BCUT2D eigenvalue weighted by Gasteiger charge is -2.36. The molecule has 0 atom stereocenters. The van der Waals surface area contributed by atoms with Crippen molar-refractivity contribution in [1.82, 2.24) is 29.6 Å². The Morgan fingerprint density at radius 3 is 2.59 bits per heavy atom. The highest BCUT2D eigenvalue weighted by Crippen LogP contribution is 2.24. The average Bonchev–Trinajstić information content (AvgIpc) is 3.24. The molecule has 0 spiro atoms. The largest absolute Gasteiger partial charge is 0.365 e. The first-order valence-corrected chi connectivity index (χ1v) is 10.9. The lowest BCUT2D eigenvalue weighted by atomic mass is 10.1. The van der Waals surface area contributed by atoms with Gasteiger partial charge in [-0.15, -0.1) is 0 Å². The van der Waals surface area contributed by atoms with Crippen LogP contribution in [-0.2, 0) is 6.54 Å². The molecule has 0 saturated carbocycles. The molecule has 1 amide bonds. The number of halogens is 2. The second-order valence-electron chi connectivity index (χ2n) is 8.32. The van der Waals surface area contributed by atoms with E-state index >= 15 is 4.39 Å². The molecule has 176 valence electrons. The van der Waals surface area contributed by atoms with E-state index in [0.717, 1.165) is 0 Å². The van der Waals surface area contributed by atoms with Crippen LogP contribution in [0.1, 0.15) is 21.7 Å². The first kappa shape index (κ1) is 22.0. The zero-order valence-electron chi connectivity index (χ0n) is 18.7. The lowest BCUT2D eigenvalue weighted by Crippen LogP contribution is -2.46. The highest BCUT2D eigenvalue weighted by molar-refractivity contribution is 5.92. The van der Waals surface area contributed by atoms with Gasteiger partial charge in [0, 0.05) is 56.9 Å². The van der Waals surface area contributed by atoms with E-state index in [1.54, 1.807) is 31.3 Å². The van der Waals surface area contributed by atoms with Crippen molar-refractivity contribution in [2.24, 2.45) is 0 Å². The van der Waals surface area contributed by atoms with E-state index in [4.69, 9.17) is 0 Å². The maximum atomic E-state index is 15.3. The summed E-state index contributed by atoms with van der Waals surface area (Å²) in [6.07, 6.45) is 1.61. The number of anilines is 1. The van der Waals surface area contributed by atoms with Gasteiger partial charge in [-0.05, 0) is 25.1 Å². The Kier molecular flexibility index (Phi) is 5.48. The number of pyridine rings is 1. The predicted octanol–water partition coefficient (Wildman–Crippen LogP) is 1.84. The molecule has 5 rings (SSSR count). The number of aryl methyl sites for hydroxylation is 1. The molecule has 34 heavy (non-hydrogen) atoms. The average molecular weight is 467 g/mol. The second-order valence-corrected chi connectivity index (χ2v) is 8.32. The molecule has 0 radical (unpaired) electrons.